The Morgan fingerprint density at radius 2 is 1.71 bits per heavy atom. The molecule has 1 aromatic heterocycles. The average Bonchev–Trinajstić information content (AvgIpc) is 2.73. The summed E-state index contributed by atoms with van der Waals surface area (Å²) in [6, 6.07) is 14.4. The lowest BCUT2D eigenvalue weighted by Gasteiger charge is -2.18. The van der Waals surface area contributed by atoms with E-state index in [9.17, 15) is 4.39 Å². The number of para-hydroxylation sites is 1. The summed E-state index contributed by atoms with van der Waals surface area (Å²) in [5.41, 5.74) is 1.81. The minimum Gasteiger partial charge on any atom is -0.369 e. The maximum Gasteiger partial charge on any atom is 0.154 e. The molecule has 0 amide bonds. The SMILES string of the molecule is CCN(CC)CCCNc1nc(/C=C/c2ccc(F)cc2)nc2ccccc12. The van der Waals surface area contributed by atoms with E-state index in [1.165, 1.54) is 12.1 Å². The van der Waals surface area contributed by atoms with Crippen LogP contribution in [0.3, 0.4) is 0 Å². The van der Waals surface area contributed by atoms with Crippen LogP contribution in [0, 0.1) is 5.82 Å². The van der Waals surface area contributed by atoms with Crippen LogP contribution >= 0.6 is 0 Å². The van der Waals surface area contributed by atoms with Crippen molar-refractivity contribution in [2.45, 2.75) is 20.3 Å². The van der Waals surface area contributed by atoms with Gasteiger partial charge in [-0.15, -0.1) is 0 Å². The minimum absolute atomic E-state index is 0.240. The van der Waals surface area contributed by atoms with Gasteiger partial charge in [0.25, 0.3) is 0 Å². The fraction of sp³-hybridized carbons (Fsp3) is 0.304. The molecule has 0 atom stereocenters. The van der Waals surface area contributed by atoms with Gasteiger partial charge < -0.3 is 10.2 Å². The summed E-state index contributed by atoms with van der Waals surface area (Å²) in [5.74, 6) is 1.24. The Morgan fingerprint density at radius 1 is 0.964 bits per heavy atom. The molecule has 28 heavy (non-hydrogen) atoms. The summed E-state index contributed by atoms with van der Waals surface area (Å²) < 4.78 is 13.1. The summed E-state index contributed by atoms with van der Waals surface area (Å²) in [7, 11) is 0. The molecule has 5 heteroatoms. The highest BCUT2D eigenvalue weighted by Crippen LogP contribution is 2.21. The third-order valence-electron chi connectivity index (χ3n) is 4.75. The first-order valence-electron chi connectivity index (χ1n) is 9.86. The molecule has 0 aliphatic heterocycles. The topological polar surface area (TPSA) is 41.0 Å². The third-order valence-corrected chi connectivity index (χ3v) is 4.75. The number of fused-ring (bicyclic) bond motifs is 1. The largest absolute Gasteiger partial charge is 0.369 e. The van der Waals surface area contributed by atoms with Crippen molar-refractivity contribution < 1.29 is 4.39 Å². The Labute approximate surface area is 166 Å². The second kappa shape index (κ2) is 9.95. The Kier molecular flexibility index (Phi) is 7.09. The van der Waals surface area contributed by atoms with E-state index in [4.69, 9.17) is 4.98 Å². The Balaban J connectivity index is 1.76. The molecule has 1 heterocycles. The van der Waals surface area contributed by atoms with E-state index >= 15 is 0 Å². The molecule has 0 saturated carbocycles. The van der Waals surface area contributed by atoms with Gasteiger partial charge in [0.05, 0.1) is 5.52 Å². The van der Waals surface area contributed by atoms with Crippen molar-refractivity contribution in [3.63, 3.8) is 0 Å². The molecule has 0 aliphatic rings. The van der Waals surface area contributed by atoms with Crippen molar-refractivity contribution in [1.82, 2.24) is 14.9 Å². The van der Waals surface area contributed by atoms with Gasteiger partial charge in [0.2, 0.25) is 0 Å². The summed E-state index contributed by atoms with van der Waals surface area (Å²) in [6.07, 6.45) is 4.81. The van der Waals surface area contributed by atoms with E-state index in [0.717, 1.165) is 54.9 Å². The summed E-state index contributed by atoms with van der Waals surface area (Å²) in [6.45, 7) is 8.46. The van der Waals surface area contributed by atoms with Crippen molar-refractivity contribution >= 4 is 28.9 Å². The Morgan fingerprint density at radius 3 is 2.46 bits per heavy atom. The predicted molar refractivity (Wildman–Crippen MR) is 116 cm³/mol. The average molecular weight is 378 g/mol. The molecule has 0 bridgehead atoms. The van der Waals surface area contributed by atoms with E-state index in [2.05, 4.69) is 29.0 Å². The van der Waals surface area contributed by atoms with Crippen LogP contribution in [-0.4, -0.2) is 41.0 Å². The van der Waals surface area contributed by atoms with Crippen LogP contribution in [0.1, 0.15) is 31.7 Å². The van der Waals surface area contributed by atoms with Crippen LogP contribution in [0.25, 0.3) is 23.1 Å². The molecule has 0 fully saturated rings. The summed E-state index contributed by atoms with van der Waals surface area (Å²) in [5, 5.41) is 4.49. The van der Waals surface area contributed by atoms with Crippen molar-refractivity contribution in [3.05, 3.63) is 65.7 Å². The number of anilines is 1. The zero-order valence-corrected chi connectivity index (χ0v) is 16.5. The molecule has 1 N–H and O–H groups in total. The van der Waals surface area contributed by atoms with E-state index in [-0.39, 0.29) is 5.82 Å². The van der Waals surface area contributed by atoms with E-state index in [1.807, 2.05) is 36.4 Å². The first kappa shape index (κ1) is 20.0. The molecule has 146 valence electrons. The van der Waals surface area contributed by atoms with Crippen molar-refractivity contribution in [1.29, 1.82) is 0 Å². The van der Waals surface area contributed by atoms with Crippen molar-refractivity contribution in [2.75, 3.05) is 31.5 Å². The number of hydrogen-bond donors (Lipinski definition) is 1. The van der Waals surface area contributed by atoms with Gasteiger partial charge in [-0.2, -0.15) is 0 Å². The number of rotatable bonds is 9. The molecule has 3 aromatic rings. The second-order valence-electron chi connectivity index (χ2n) is 6.64. The fourth-order valence-electron chi connectivity index (χ4n) is 3.10. The molecule has 0 unspecified atom stereocenters. The number of nitrogens with zero attached hydrogens (tertiary/aromatic N) is 3. The highest BCUT2D eigenvalue weighted by Gasteiger charge is 2.06. The fourth-order valence-corrected chi connectivity index (χ4v) is 3.10. The van der Waals surface area contributed by atoms with Crippen molar-refractivity contribution in [3.8, 4) is 0 Å². The molecule has 0 radical (unpaired) electrons. The standard InChI is InChI=1S/C23H27FN4/c1-3-28(4-2)17-7-16-25-23-20-8-5-6-9-21(20)26-22(27-23)15-12-18-10-13-19(24)14-11-18/h5-6,8-15H,3-4,7,16-17H2,1-2H3,(H,25,26,27)/b15-12+. The van der Waals surface area contributed by atoms with Gasteiger partial charge in [-0.05, 0) is 62.0 Å². The van der Waals surface area contributed by atoms with Crippen LogP contribution in [0.2, 0.25) is 0 Å². The minimum atomic E-state index is -0.240. The molecular weight excluding hydrogens is 351 g/mol. The number of benzene rings is 2. The van der Waals surface area contributed by atoms with Gasteiger partial charge in [0.15, 0.2) is 5.82 Å². The van der Waals surface area contributed by atoms with Gasteiger partial charge in [0.1, 0.15) is 11.6 Å². The zero-order valence-electron chi connectivity index (χ0n) is 16.5. The van der Waals surface area contributed by atoms with E-state index < -0.39 is 0 Å². The number of nitrogens with one attached hydrogen (secondary N) is 1. The molecule has 0 spiro atoms. The van der Waals surface area contributed by atoms with Crippen LogP contribution in [0.4, 0.5) is 10.2 Å². The van der Waals surface area contributed by atoms with Crippen LogP contribution < -0.4 is 5.32 Å². The van der Waals surface area contributed by atoms with E-state index in [1.54, 1.807) is 12.1 Å². The van der Waals surface area contributed by atoms with Gasteiger partial charge in [-0.1, -0.05) is 44.2 Å². The zero-order chi connectivity index (χ0) is 19.8. The molecule has 0 aliphatic carbocycles. The highest BCUT2D eigenvalue weighted by atomic mass is 19.1. The van der Waals surface area contributed by atoms with Crippen molar-refractivity contribution in [2.24, 2.45) is 0 Å². The lowest BCUT2D eigenvalue weighted by atomic mass is 10.2. The second-order valence-corrected chi connectivity index (χ2v) is 6.64. The highest BCUT2D eigenvalue weighted by molar-refractivity contribution is 5.90. The molecular formula is C23H27FN4. The van der Waals surface area contributed by atoms with Gasteiger partial charge >= 0.3 is 0 Å². The van der Waals surface area contributed by atoms with Crippen LogP contribution in [-0.2, 0) is 0 Å². The maximum atomic E-state index is 13.1. The van der Waals surface area contributed by atoms with Gasteiger partial charge in [0, 0.05) is 11.9 Å². The number of hydrogen-bond acceptors (Lipinski definition) is 4. The lowest BCUT2D eigenvalue weighted by molar-refractivity contribution is 0.303. The summed E-state index contributed by atoms with van der Waals surface area (Å²) in [4.78, 5) is 11.7. The quantitative estimate of drug-likeness (QED) is 0.527. The third kappa shape index (κ3) is 5.36. The van der Waals surface area contributed by atoms with Gasteiger partial charge in [-0.3, -0.25) is 0 Å². The number of aromatic nitrogens is 2. The Hall–Kier alpha value is -2.79. The normalized spacial score (nSPS) is 11.6. The van der Waals surface area contributed by atoms with E-state index in [0.29, 0.717) is 5.82 Å². The molecule has 3 rings (SSSR count). The number of halogens is 1. The van der Waals surface area contributed by atoms with Gasteiger partial charge in [-0.25, -0.2) is 14.4 Å². The first-order valence-corrected chi connectivity index (χ1v) is 9.86. The first-order chi connectivity index (χ1) is 13.7. The molecule has 0 saturated heterocycles. The summed E-state index contributed by atoms with van der Waals surface area (Å²) >= 11 is 0. The Bertz CT molecular complexity index is 918. The molecule has 2 aromatic carbocycles. The smallest absolute Gasteiger partial charge is 0.154 e. The monoisotopic (exact) mass is 378 g/mol. The predicted octanol–water partition coefficient (Wildman–Crippen LogP) is 5.08. The van der Waals surface area contributed by atoms with Crippen LogP contribution in [0.5, 0.6) is 0 Å². The maximum absolute atomic E-state index is 13.1. The van der Waals surface area contributed by atoms with Crippen LogP contribution in [0.15, 0.2) is 48.5 Å². The molecule has 4 nitrogen and oxygen atoms in total. The lowest BCUT2D eigenvalue weighted by Crippen LogP contribution is -2.25.